The minimum Gasteiger partial charge on any atom is -0.409 e. The lowest BCUT2D eigenvalue weighted by molar-refractivity contribution is -0.142. The Hall–Kier alpha value is -1.47. The molecule has 0 heterocycles. The highest BCUT2D eigenvalue weighted by atomic mass is 19.4. The van der Waals surface area contributed by atoms with Crippen molar-refractivity contribution in [3.8, 4) is 0 Å². The number of hydrogen-bond acceptors (Lipinski definition) is 3. The fourth-order valence-corrected chi connectivity index (χ4v) is 1.58. The molecular formula is C9H14F3N3O2. The van der Waals surface area contributed by atoms with Gasteiger partial charge in [0.2, 0.25) is 5.91 Å². The molecule has 1 fully saturated rings. The van der Waals surface area contributed by atoms with Crippen molar-refractivity contribution in [2.24, 2.45) is 16.3 Å². The van der Waals surface area contributed by atoms with Gasteiger partial charge in [-0.2, -0.15) is 13.2 Å². The number of nitrogens with one attached hydrogen (secondary N) is 1. The van der Waals surface area contributed by atoms with Crippen LogP contribution in [-0.4, -0.2) is 29.2 Å². The van der Waals surface area contributed by atoms with E-state index >= 15 is 0 Å². The van der Waals surface area contributed by atoms with E-state index in [0.29, 0.717) is 12.8 Å². The van der Waals surface area contributed by atoms with Gasteiger partial charge in [-0.3, -0.25) is 4.79 Å². The number of carbonyl (C=O) groups is 1. The van der Waals surface area contributed by atoms with Crippen molar-refractivity contribution in [1.82, 2.24) is 5.32 Å². The first-order valence-corrected chi connectivity index (χ1v) is 5.07. The van der Waals surface area contributed by atoms with E-state index in [9.17, 15) is 18.0 Å². The van der Waals surface area contributed by atoms with E-state index in [-0.39, 0.29) is 5.84 Å². The fraction of sp³-hybridized carbons (Fsp3) is 0.778. The monoisotopic (exact) mass is 253 g/mol. The Labute approximate surface area is 95.8 Å². The molecule has 0 aromatic heterocycles. The number of nitrogens with two attached hydrogens (primary N) is 1. The number of alkyl halides is 3. The zero-order chi connectivity index (χ0) is 13.3. The number of halogens is 3. The summed E-state index contributed by atoms with van der Waals surface area (Å²) in [6.07, 6.45) is -4.67. The van der Waals surface area contributed by atoms with Crippen molar-refractivity contribution in [2.45, 2.75) is 38.4 Å². The summed E-state index contributed by atoms with van der Waals surface area (Å²) in [4.78, 5) is 11.7. The quantitative estimate of drug-likeness (QED) is 0.302. The minimum absolute atomic E-state index is 0.255. The molecule has 1 unspecified atom stereocenters. The van der Waals surface area contributed by atoms with Crippen molar-refractivity contribution >= 4 is 11.7 Å². The second-order valence-corrected chi connectivity index (χ2v) is 4.26. The van der Waals surface area contributed by atoms with E-state index < -0.39 is 30.0 Å². The lowest BCUT2D eigenvalue weighted by Crippen LogP contribution is -2.45. The molecule has 1 aliphatic rings. The van der Waals surface area contributed by atoms with Crippen LogP contribution in [-0.2, 0) is 4.79 Å². The maximum absolute atomic E-state index is 12.1. The normalized spacial score (nSPS) is 20.8. The van der Waals surface area contributed by atoms with Crippen LogP contribution in [0.4, 0.5) is 13.2 Å². The fourth-order valence-electron chi connectivity index (χ4n) is 1.58. The third-order valence-corrected chi connectivity index (χ3v) is 2.70. The van der Waals surface area contributed by atoms with Crippen LogP contribution in [0.25, 0.3) is 0 Å². The molecule has 0 aromatic rings. The number of amides is 1. The first-order valence-electron chi connectivity index (χ1n) is 5.07. The molecule has 1 atom stereocenters. The van der Waals surface area contributed by atoms with Gasteiger partial charge < -0.3 is 16.3 Å². The molecule has 98 valence electrons. The topological polar surface area (TPSA) is 87.7 Å². The highest BCUT2D eigenvalue weighted by Gasteiger charge is 2.54. The molecule has 8 heteroatoms. The number of nitrogens with zero attached hydrogens (tertiary/aromatic N) is 1. The third kappa shape index (κ3) is 3.24. The highest BCUT2D eigenvalue weighted by molar-refractivity contribution is 6.09. The molecule has 17 heavy (non-hydrogen) atoms. The van der Waals surface area contributed by atoms with Crippen molar-refractivity contribution in [3.63, 3.8) is 0 Å². The first-order chi connectivity index (χ1) is 7.71. The van der Waals surface area contributed by atoms with Crippen LogP contribution >= 0.6 is 0 Å². The SMILES string of the molecule is CC(CC(F)(F)F)NC(=O)C1(C(N)=NO)CC1. The van der Waals surface area contributed by atoms with Crippen molar-refractivity contribution < 1.29 is 23.2 Å². The first kappa shape index (κ1) is 13.6. The minimum atomic E-state index is -4.33. The molecule has 1 saturated carbocycles. The van der Waals surface area contributed by atoms with Gasteiger partial charge in [0.15, 0.2) is 5.84 Å². The molecule has 4 N–H and O–H groups in total. The van der Waals surface area contributed by atoms with Gasteiger partial charge in [0.1, 0.15) is 5.41 Å². The molecular weight excluding hydrogens is 239 g/mol. The van der Waals surface area contributed by atoms with Gasteiger partial charge in [-0.1, -0.05) is 5.16 Å². The molecule has 0 bridgehead atoms. The van der Waals surface area contributed by atoms with Crippen LogP contribution in [0, 0.1) is 5.41 Å². The van der Waals surface area contributed by atoms with Gasteiger partial charge in [-0.05, 0) is 19.8 Å². The Kier molecular flexibility index (Phi) is 3.53. The lowest BCUT2D eigenvalue weighted by Gasteiger charge is -2.19. The lowest BCUT2D eigenvalue weighted by atomic mass is 10.0. The van der Waals surface area contributed by atoms with Gasteiger partial charge >= 0.3 is 6.18 Å². The summed E-state index contributed by atoms with van der Waals surface area (Å²) in [5, 5.41) is 13.4. The smallest absolute Gasteiger partial charge is 0.391 e. The van der Waals surface area contributed by atoms with Gasteiger partial charge in [0.05, 0.1) is 6.42 Å². The molecule has 1 rings (SSSR count). The maximum Gasteiger partial charge on any atom is 0.391 e. The third-order valence-electron chi connectivity index (χ3n) is 2.70. The van der Waals surface area contributed by atoms with Crippen LogP contribution < -0.4 is 11.1 Å². The molecule has 5 nitrogen and oxygen atoms in total. The summed E-state index contributed by atoms with van der Waals surface area (Å²) in [5.74, 6) is -0.876. The summed E-state index contributed by atoms with van der Waals surface area (Å²) in [6.45, 7) is 1.26. The Morgan fingerprint density at radius 3 is 2.47 bits per heavy atom. The number of rotatable bonds is 4. The van der Waals surface area contributed by atoms with Crippen LogP contribution in [0.15, 0.2) is 5.16 Å². The number of amidine groups is 1. The van der Waals surface area contributed by atoms with E-state index in [1.165, 1.54) is 6.92 Å². The summed E-state index contributed by atoms with van der Waals surface area (Å²) in [6, 6.07) is -1.04. The van der Waals surface area contributed by atoms with Crippen molar-refractivity contribution in [2.75, 3.05) is 0 Å². The summed E-state index contributed by atoms with van der Waals surface area (Å²) >= 11 is 0. The average molecular weight is 253 g/mol. The number of carbonyl (C=O) groups excluding carboxylic acids is 1. The molecule has 0 aliphatic heterocycles. The van der Waals surface area contributed by atoms with Crippen LogP contribution in [0.2, 0.25) is 0 Å². The molecule has 0 saturated heterocycles. The standard InChI is InChI=1S/C9H14F3N3O2/c1-5(4-9(10,11)12)14-7(16)8(2-3-8)6(13)15-17/h5,17H,2-4H2,1H3,(H2,13,15)(H,14,16). The maximum atomic E-state index is 12.1. The zero-order valence-electron chi connectivity index (χ0n) is 9.21. The van der Waals surface area contributed by atoms with E-state index in [2.05, 4.69) is 10.5 Å². The second-order valence-electron chi connectivity index (χ2n) is 4.26. The van der Waals surface area contributed by atoms with Gasteiger partial charge in [0.25, 0.3) is 0 Å². The molecule has 0 radical (unpaired) electrons. The largest absolute Gasteiger partial charge is 0.409 e. The predicted molar refractivity (Wildman–Crippen MR) is 53.4 cm³/mol. The molecule has 0 aromatic carbocycles. The van der Waals surface area contributed by atoms with Crippen molar-refractivity contribution in [3.05, 3.63) is 0 Å². The predicted octanol–water partition coefficient (Wildman–Crippen LogP) is 0.970. The molecule has 0 spiro atoms. The van der Waals surface area contributed by atoms with Crippen molar-refractivity contribution in [1.29, 1.82) is 0 Å². The van der Waals surface area contributed by atoms with Crippen LogP contribution in [0.5, 0.6) is 0 Å². The highest BCUT2D eigenvalue weighted by Crippen LogP contribution is 2.46. The van der Waals surface area contributed by atoms with E-state index in [1.54, 1.807) is 0 Å². The number of oxime groups is 1. The number of hydrogen-bond donors (Lipinski definition) is 3. The molecule has 1 amide bonds. The van der Waals surface area contributed by atoms with E-state index in [4.69, 9.17) is 10.9 Å². The Morgan fingerprint density at radius 2 is 2.12 bits per heavy atom. The van der Waals surface area contributed by atoms with E-state index in [0.717, 1.165) is 0 Å². The van der Waals surface area contributed by atoms with E-state index in [1.807, 2.05) is 0 Å². The average Bonchev–Trinajstić information content (AvgIpc) is 2.93. The second kappa shape index (κ2) is 4.42. The van der Waals surface area contributed by atoms with Crippen LogP contribution in [0.1, 0.15) is 26.2 Å². The molecule has 1 aliphatic carbocycles. The van der Waals surface area contributed by atoms with Gasteiger partial charge in [0, 0.05) is 6.04 Å². The Morgan fingerprint density at radius 1 is 1.59 bits per heavy atom. The van der Waals surface area contributed by atoms with Gasteiger partial charge in [-0.25, -0.2) is 0 Å². The zero-order valence-corrected chi connectivity index (χ0v) is 9.21. The van der Waals surface area contributed by atoms with Gasteiger partial charge in [-0.15, -0.1) is 0 Å². The summed E-state index contributed by atoms with van der Waals surface area (Å²) < 4.78 is 36.2. The Balaban J connectivity index is 2.56. The summed E-state index contributed by atoms with van der Waals surface area (Å²) in [5.41, 5.74) is 4.22. The van der Waals surface area contributed by atoms with Crippen LogP contribution in [0.3, 0.4) is 0 Å². The Bertz CT molecular complexity index is 337. The summed E-state index contributed by atoms with van der Waals surface area (Å²) in [7, 11) is 0.